The minimum absolute atomic E-state index is 0. The van der Waals surface area contributed by atoms with Crippen LogP contribution in [0, 0.1) is 6.92 Å². The molecule has 0 spiro atoms. The Bertz CT molecular complexity index is 435. The van der Waals surface area contributed by atoms with Gasteiger partial charge in [-0.2, -0.15) is 4.98 Å². The molecule has 0 saturated carbocycles. The first-order chi connectivity index (χ1) is 9.19. The van der Waals surface area contributed by atoms with Gasteiger partial charge in [0.15, 0.2) is 11.8 Å². The van der Waals surface area contributed by atoms with Crippen LogP contribution in [0.15, 0.2) is 9.52 Å². The largest absolute Gasteiger partial charge is 0.370 e. The molecule has 1 aliphatic rings. The lowest BCUT2D eigenvalue weighted by Gasteiger charge is -2.22. The molecule has 1 aliphatic heterocycles. The van der Waals surface area contributed by atoms with E-state index < -0.39 is 0 Å². The Morgan fingerprint density at radius 2 is 2.40 bits per heavy atom. The lowest BCUT2D eigenvalue weighted by molar-refractivity contribution is 0.267. The molecule has 0 amide bonds. The van der Waals surface area contributed by atoms with Crippen LogP contribution in [0.4, 0.5) is 0 Å². The van der Waals surface area contributed by atoms with Crippen molar-refractivity contribution >= 4 is 29.9 Å². The van der Waals surface area contributed by atoms with Gasteiger partial charge in [0, 0.05) is 12.6 Å². The van der Waals surface area contributed by atoms with Crippen molar-refractivity contribution in [3.05, 3.63) is 11.7 Å². The highest BCUT2D eigenvalue weighted by atomic mass is 127. The average molecular weight is 394 g/mol. The van der Waals surface area contributed by atoms with Gasteiger partial charge >= 0.3 is 0 Å². The number of aromatic nitrogens is 2. The van der Waals surface area contributed by atoms with E-state index in [4.69, 9.17) is 10.3 Å². The molecule has 0 aliphatic carbocycles. The number of likely N-dealkylation sites (tertiary alicyclic amines) is 1. The minimum Gasteiger partial charge on any atom is -0.370 e. The molecule has 114 valence electrons. The summed E-state index contributed by atoms with van der Waals surface area (Å²) in [6, 6.07) is 0.560. The number of likely N-dealkylation sites (N-methyl/N-ethyl adjacent to an activating group) is 1. The highest BCUT2D eigenvalue weighted by molar-refractivity contribution is 14.0. The van der Waals surface area contributed by atoms with Crippen molar-refractivity contribution in [1.29, 1.82) is 0 Å². The van der Waals surface area contributed by atoms with Gasteiger partial charge in [0.2, 0.25) is 5.89 Å². The monoisotopic (exact) mass is 394 g/mol. The standard InChI is InChI=1S/C12H22N6O.HI/c1-3-18-6-4-5-10(18)7-14-12(13)15-8-11-16-9(2)17-19-11;/h10H,3-8H2,1-2H3,(H3,13,14,15);1H. The van der Waals surface area contributed by atoms with Gasteiger partial charge in [0.25, 0.3) is 0 Å². The van der Waals surface area contributed by atoms with Crippen molar-refractivity contribution in [2.45, 2.75) is 39.3 Å². The quantitative estimate of drug-likeness (QED) is 0.438. The summed E-state index contributed by atoms with van der Waals surface area (Å²) in [5.74, 6) is 1.53. The van der Waals surface area contributed by atoms with E-state index in [1.54, 1.807) is 6.92 Å². The number of aliphatic imine (C=N–C) groups is 1. The van der Waals surface area contributed by atoms with E-state index in [0.29, 0.717) is 30.3 Å². The van der Waals surface area contributed by atoms with Crippen molar-refractivity contribution in [1.82, 2.24) is 20.4 Å². The van der Waals surface area contributed by atoms with Crippen LogP contribution in [-0.4, -0.2) is 46.7 Å². The molecule has 1 atom stereocenters. The third-order valence-electron chi connectivity index (χ3n) is 3.38. The highest BCUT2D eigenvalue weighted by Gasteiger charge is 2.22. The molecular weight excluding hydrogens is 371 g/mol. The Morgan fingerprint density at radius 3 is 3.05 bits per heavy atom. The van der Waals surface area contributed by atoms with Crippen LogP contribution >= 0.6 is 24.0 Å². The van der Waals surface area contributed by atoms with Crippen LogP contribution in [-0.2, 0) is 6.54 Å². The summed E-state index contributed by atoms with van der Waals surface area (Å²) in [5.41, 5.74) is 5.82. The van der Waals surface area contributed by atoms with Crippen LogP contribution in [0.5, 0.6) is 0 Å². The van der Waals surface area contributed by atoms with E-state index in [2.05, 4.69) is 32.3 Å². The van der Waals surface area contributed by atoms with Gasteiger partial charge in [0.1, 0.15) is 6.54 Å². The number of nitrogens with two attached hydrogens (primary N) is 1. The molecule has 0 bridgehead atoms. The van der Waals surface area contributed by atoms with Gasteiger partial charge in [-0.3, -0.25) is 4.90 Å². The number of hydrogen-bond acceptors (Lipinski definition) is 5. The van der Waals surface area contributed by atoms with Gasteiger partial charge in [-0.15, -0.1) is 24.0 Å². The fourth-order valence-electron chi connectivity index (χ4n) is 2.38. The molecule has 1 aromatic heterocycles. The Balaban J connectivity index is 0.00000200. The van der Waals surface area contributed by atoms with Gasteiger partial charge < -0.3 is 15.6 Å². The van der Waals surface area contributed by atoms with E-state index in [9.17, 15) is 0 Å². The Labute approximate surface area is 136 Å². The SMILES string of the molecule is CCN1CCCC1CNC(N)=NCc1nc(C)no1.I. The zero-order valence-electron chi connectivity index (χ0n) is 12.0. The summed E-state index contributed by atoms with van der Waals surface area (Å²) < 4.78 is 4.97. The first kappa shape index (κ1) is 17.2. The topological polar surface area (TPSA) is 92.6 Å². The first-order valence-electron chi connectivity index (χ1n) is 6.76. The Morgan fingerprint density at radius 1 is 1.60 bits per heavy atom. The summed E-state index contributed by atoms with van der Waals surface area (Å²) in [4.78, 5) is 10.7. The number of rotatable bonds is 5. The Kier molecular flexibility index (Phi) is 7.20. The molecule has 1 aromatic rings. The molecule has 1 unspecified atom stereocenters. The Hall–Kier alpha value is -0.900. The second-order valence-corrected chi connectivity index (χ2v) is 4.74. The molecule has 7 nitrogen and oxygen atoms in total. The first-order valence-corrected chi connectivity index (χ1v) is 6.76. The van der Waals surface area contributed by atoms with Crippen molar-refractivity contribution in [2.24, 2.45) is 10.7 Å². The third-order valence-corrected chi connectivity index (χ3v) is 3.38. The molecular formula is C12H23IN6O. The van der Waals surface area contributed by atoms with Crippen LogP contribution in [0.1, 0.15) is 31.5 Å². The maximum atomic E-state index is 5.82. The summed E-state index contributed by atoms with van der Waals surface area (Å²) >= 11 is 0. The molecule has 1 saturated heterocycles. The molecule has 3 N–H and O–H groups in total. The van der Waals surface area contributed by atoms with Crippen LogP contribution in [0.2, 0.25) is 0 Å². The molecule has 2 rings (SSSR count). The molecule has 2 heterocycles. The summed E-state index contributed by atoms with van der Waals surface area (Å²) in [7, 11) is 0. The highest BCUT2D eigenvalue weighted by Crippen LogP contribution is 2.15. The van der Waals surface area contributed by atoms with Crippen LogP contribution in [0.25, 0.3) is 0 Å². The zero-order valence-corrected chi connectivity index (χ0v) is 14.3. The summed E-state index contributed by atoms with van der Waals surface area (Å²) in [6.07, 6.45) is 2.48. The fourth-order valence-corrected chi connectivity index (χ4v) is 2.38. The van der Waals surface area contributed by atoms with Gasteiger partial charge in [0.05, 0.1) is 0 Å². The van der Waals surface area contributed by atoms with Gasteiger partial charge in [-0.1, -0.05) is 12.1 Å². The summed E-state index contributed by atoms with van der Waals surface area (Å²) in [6.45, 7) is 7.39. The number of nitrogens with one attached hydrogen (secondary N) is 1. The molecule has 0 radical (unpaired) electrons. The van der Waals surface area contributed by atoms with Gasteiger partial charge in [-0.25, -0.2) is 4.99 Å². The van der Waals surface area contributed by atoms with E-state index in [-0.39, 0.29) is 24.0 Å². The lowest BCUT2D eigenvalue weighted by atomic mass is 10.2. The predicted molar refractivity (Wildman–Crippen MR) is 88.0 cm³/mol. The maximum Gasteiger partial charge on any atom is 0.248 e. The minimum atomic E-state index is 0. The maximum absolute atomic E-state index is 5.82. The van der Waals surface area contributed by atoms with Crippen molar-refractivity contribution < 1.29 is 4.52 Å². The zero-order chi connectivity index (χ0) is 13.7. The number of nitrogens with zero attached hydrogens (tertiary/aromatic N) is 4. The third kappa shape index (κ3) is 4.89. The second kappa shape index (κ2) is 8.40. The molecule has 20 heavy (non-hydrogen) atoms. The number of halogens is 1. The average Bonchev–Trinajstić information content (AvgIpc) is 3.02. The predicted octanol–water partition coefficient (Wildman–Crippen LogP) is 0.885. The van der Waals surface area contributed by atoms with Gasteiger partial charge in [-0.05, 0) is 32.9 Å². The number of aryl methyl sites for hydroxylation is 1. The molecule has 8 heteroatoms. The van der Waals surface area contributed by atoms with E-state index in [1.165, 1.54) is 19.4 Å². The van der Waals surface area contributed by atoms with Crippen molar-refractivity contribution in [3.63, 3.8) is 0 Å². The smallest absolute Gasteiger partial charge is 0.248 e. The summed E-state index contributed by atoms with van der Waals surface area (Å²) in [5, 5.41) is 6.86. The van der Waals surface area contributed by atoms with Crippen molar-refractivity contribution in [3.8, 4) is 0 Å². The van der Waals surface area contributed by atoms with E-state index in [1.807, 2.05) is 0 Å². The molecule has 0 aromatic carbocycles. The van der Waals surface area contributed by atoms with Crippen LogP contribution in [0.3, 0.4) is 0 Å². The molecule has 1 fully saturated rings. The normalized spacial score (nSPS) is 19.9. The number of hydrogen-bond donors (Lipinski definition) is 2. The van der Waals surface area contributed by atoms with E-state index >= 15 is 0 Å². The fraction of sp³-hybridized carbons (Fsp3) is 0.750. The second-order valence-electron chi connectivity index (χ2n) is 4.74. The van der Waals surface area contributed by atoms with Crippen LogP contribution < -0.4 is 11.1 Å². The lowest BCUT2D eigenvalue weighted by Crippen LogP contribution is -2.42. The van der Waals surface area contributed by atoms with Crippen molar-refractivity contribution in [2.75, 3.05) is 19.6 Å². The van der Waals surface area contributed by atoms with E-state index in [0.717, 1.165) is 13.1 Å². The number of guanidine groups is 1.